The number of rotatable bonds is 5. The number of nitrogens with two attached hydrogens (primary N) is 1. The van der Waals surface area contributed by atoms with E-state index in [0.717, 1.165) is 16.7 Å². The number of benzene rings is 2. The van der Waals surface area contributed by atoms with E-state index in [4.69, 9.17) is 14.9 Å². The Morgan fingerprint density at radius 2 is 2.06 bits per heavy atom. The number of nitrogens with one attached hydrogen (secondary N) is 1. The van der Waals surface area contributed by atoms with Gasteiger partial charge in [0.25, 0.3) is 5.91 Å². The number of β-amino-alcohol motifs (C(OH)–C–C–N with tert-alkyl or cyclic N) is 1. The first-order valence-electron chi connectivity index (χ1n) is 10.2. The zero-order chi connectivity index (χ0) is 22.9. The number of nitriles is 1. The van der Waals surface area contributed by atoms with Gasteiger partial charge in [0.05, 0.1) is 30.2 Å². The van der Waals surface area contributed by atoms with Crippen molar-refractivity contribution >= 4 is 17.0 Å². The van der Waals surface area contributed by atoms with Crippen molar-refractivity contribution in [3.8, 4) is 17.2 Å². The van der Waals surface area contributed by atoms with Gasteiger partial charge in [0.15, 0.2) is 11.2 Å². The van der Waals surface area contributed by atoms with E-state index >= 15 is 0 Å². The Hall–Kier alpha value is -3.45. The summed E-state index contributed by atoms with van der Waals surface area (Å²) < 4.78 is 12.3. The fourth-order valence-corrected chi connectivity index (χ4v) is 4.02. The SMILES string of the molecule is Cn1c(=O)oc2ccc(-c3ccc(C[C@@H](C#N)C4(C(N)=O)CNCC(O)CO4)cc3)cc21. The van der Waals surface area contributed by atoms with Gasteiger partial charge in [-0.1, -0.05) is 30.3 Å². The monoisotopic (exact) mass is 436 g/mol. The molecule has 3 aromatic rings. The number of aliphatic hydroxyl groups excluding tert-OH is 1. The van der Waals surface area contributed by atoms with Crippen LogP contribution >= 0.6 is 0 Å². The lowest BCUT2D eigenvalue weighted by Crippen LogP contribution is -2.57. The third-order valence-corrected chi connectivity index (χ3v) is 5.96. The molecule has 32 heavy (non-hydrogen) atoms. The van der Waals surface area contributed by atoms with Crippen molar-refractivity contribution in [2.75, 3.05) is 19.7 Å². The maximum absolute atomic E-state index is 12.3. The third-order valence-electron chi connectivity index (χ3n) is 5.96. The van der Waals surface area contributed by atoms with Gasteiger partial charge in [0.2, 0.25) is 0 Å². The highest BCUT2D eigenvalue weighted by atomic mass is 16.5. The predicted molar refractivity (Wildman–Crippen MR) is 116 cm³/mol. The highest BCUT2D eigenvalue weighted by Crippen LogP contribution is 2.29. The number of aromatic nitrogens is 1. The van der Waals surface area contributed by atoms with Crippen LogP contribution in [0.2, 0.25) is 0 Å². The van der Waals surface area contributed by atoms with E-state index < -0.39 is 29.3 Å². The predicted octanol–water partition coefficient (Wildman–Crippen LogP) is 0.686. The summed E-state index contributed by atoms with van der Waals surface area (Å²) in [5.41, 5.74) is 8.01. The maximum atomic E-state index is 12.3. The van der Waals surface area contributed by atoms with Gasteiger partial charge in [0, 0.05) is 20.1 Å². The Morgan fingerprint density at radius 3 is 2.75 bits per heavy atom. The average molecular weight is 436 g/mol. The molecular weight excluding hydrogens is 412 g/mol. The van der Waals surface area contributed by atoms with Crippen LogP contribution in [0.4, 0.5) is 0 Å². The van der Waals surface area contributed by atoms with Gasteiger partial charge in [-0.3, -0.25) is 9.36 Å². The summed E-state index contributed by atoms with van der Waals surface area (Å²) >= 11 is 0. The second kappa shape index (κ2) is 8.59. The number of carbonyl (C=O) groups excluding carboxylic acids is 1. The maximum Gasteiger partial charge on any atom is 0.419 e. The van der Waals surface area contributed by atoms with Crippen LogP contribution in [0.25, 0.3) is 22.2 Å². The largest absolute Gasteiger partial charge is 0.419 e. The minimum atomic E-state index is -1.53. The number of primary amides is 1. The Kier molecular flexibility index (Phi) is 5.84. The minimum absolute atomic E-state index is 0.0547. The van der Waals surface area contributed by atoms with Gasteiger partial charge >= 0.3 is 5.76 Å². The summed E-state index contributed by atoms with van der Waals surface area (Å²) in [7, 11) is 1.65. The average Bonchev–Trinajstić information content (AvgIpc) is 2.94. The van der Waals surface area contributed by atoms with E-state index in [1.54, 1.807) is 13.1 Å². The van der Waals surface area contributed by atoms with Crippen LogP contribution in [0.1, 0.15) is 5.56 Å². The summed E-state index contributed by atoms with van der Waals surface area (Å²) in [5.74, 6) is -1.98. The normalized spacial score (nSPS) is 22.2. The Labute approximate surface area is 184 Å². The molecule has 1 aliphatic rings. The lowest BCUT2D eigenvalue weighted by atomic mass is 9.82. The van der Waals surface area contributed by atoms with Crippen LogP contribution in [0.3, 0.4) is 0 Å². The number of aryl methyl sites for hydroxylation is 1. The number of carbonyl (C=O) groups is 1. The first-order valence-corrected chi connectivity index (χ1v) is 10.2. The number of fused-ring (bicyclic) bond motifs is 1. The van der Waals surface area contributed by atoms with E-state index in [1.807, 2.05) is 36.4 Å². The van der Waals surface area contributed by atoms with Crippen molar-refractivity contribution in [2.24, 2.45) is 18.7 Å². The second-order valence-corrected chi connectivity index (χ2v) is 8.04. The molecule has 0 aliphatic carbocycles. The Balaban J connectivity index is 1.58. The summed E-state index contributed by atoms with van der Waals surface area (Å²) in [4.78, 5) is 24.0. The molecule has 1 aliphatic heterocycles. The van der Waals surface area contributed by atoms with Gasteiger partial charge in [-0.05, 0) is 35.2 Å². The molecule has 1 aromatic heterocycles. The lowest BCUT2D eigenvalue weighted by Gasteiger charge is -2.33. The number of hydrogen-bond donors (Lipinski definition) is 3. The molecule has 9 nitrogen and oxygen atoms in total. The van der Waals surface area contributed by atoms with Gasteiger partial charge < -0.3 is 25.3 Å². The second-order valence-electron chi connectivity index (χ2n) is 8.04. The van der Waals surface area contributed by atoms with E-state index in [2.05, 4.69) is 11.4 Å². The van der Waals surface area contributed by atoms with Crippen molar-refractivity contribution in [1.82, 2.24) is 9.88 Å². The van der Waals surface area contributed by atoms with Gasteiger partial charge in [-0.25, -0.2) is 4.79 Å². The standard InChI is InChI=1S/C23H24N4O5/c1-27-19-9-16(6-7-20(19)32-22(27)30)15-4-2-14(3-5-15)8-17(10-24)23(21(25)29)13-26-11-18(28)12-31-23/h2-7,9,17-18,26,28H,8,11-13H2,1H3,(H2,25,29)/t17-,18?,23?/m0/s1. The van der Waals surface area contributed by atoms with Crippen LogP contribution in [-0.4, -0.2) is 47.0 Å². The molecule has 0 bridgehead atoms. The summed E-state index contributed by atoms with van der Waals surface area (Å²) in [6.45, 7) is 0.236. The van der Waals surface area contributed by atoms with Crippen LogP contribution in [-0.2, 0) is 23.0 Å². The zero-order valence-corrected chi connectivity index (χ0v) is 17.6. The van der Waals surface area contributed by atoms with Crippen LogP contribution < -0.4 is 16.8 Å². The third kappa shape index (κ3) is 3.91. The highest BCUT2D eigenvalue weighted by Gasteiger charge is 2.47. The fourth-order valence-electron chi connectivity index (χ4n) is 4.02. The van der Waals surface area contributed by atoms with Crippen molar-refractivity contribution in [3.63, 3.8) is 0 Å². The van der Waals surface area contributed by atoms with Gasteiger partial charge in [-0.2, -0.15) is 5.26 Å². The van der Waals surface area contributed by atoms with E-state index in [0.29, 0.717) is 11.1 Å². The van der Waals surface area contributed by atoms with E-state index in [9.17, 15) is 20.0 Å². The van der Waals surface area contributed by atoms with Crippen LogP contribution in [0, 0.1) is 17.2 Å². The molecule has 166 valence electrons. The molecule has 4 rings (SSSR count). The number of aliphatic hydroxyl groups is 1. The molecule has 4 N–H and O–H groups in total. The highest BCUT2D eigenvalue weighted by molar-refractivity contribution is 5.85. The van der Waals surface area contributed by atoms with Crippen molar-refractivity contribution in [3.05, 3.63) is 58.6 Å². The molecule has 1 saturated heterocycles. The molecule has 0 spiro atoms. The van der Waals surface area contributed by atoms with E-state index in [1.165, 1.54) is 4.57 Å². The molecule has 9 heteroatoms. The first-order chi connectivity index (χ1) is 15.3. The fraction of sp³-hybridized carbons (Fsp3) is 0.348. The van der Waals surface area contributed by atoms with Crippen molar-refractivity contribution < 1.29 is 19.1 Å². The van der Waals surface area contributed by atoms with Crippen LogP contribution in [0.5, 0.6) is 0 Å². The molecule has 1 fully saturated rings. The summed E-state index contributed by atoms with van der Waals surface area (Å²) in [6, 6.07) is 15.3. The first kappa shape index (κ1) is 21.8. The van der Waals surface area contributed by atoms with Crippen molar-refractivity contribution in [1.29, 1.82) is 5.26 Å². The lowest BCUT2D eigenvalue weighted by molar-refractivity contribution is -0.150. The molecule has 2 unspecified atom stereocenters. The number of ether oxygens (including phenoxy) is 1. The number of hydrogen-bond acceptors (Lipinski definition) is 7. The Bertz CT molecular complexity index is 1240. The number of oxazole rings is 1. The molecule has 0 radical (unpaired) electrons. The molecule has 0 saturated carbocycles. The summed E-state index contributed by atoms with van der Waals surface area (Å²) in [6.07, 6.45) is -0.519. The molecule has 3 atom stereocenters. The molecule has 2 aromatic carbocycles. The molecule has 1 amide bonds. The molecular formula is C23H24N4O5. The van der Waals surface area contributed by atoms with E-state index in [-0.39, 0.29) is 26.1 Å². The summed E-state index contributed by atoms with van der Waals surface area (Å²) in [5, 5.41) is 22.6. The minimum Gasteiger partial charge on any atom is -0.408 e. The smallest absolute Gasteiger partial charge is 0.408 e. The number of nitrogens with zero attached hydrogens (tertiary/aromatic N) is 2. The zero-order valence-electron chi connectivity index (χ0n) is 17.6. The van der Waals surface area contributed by atoms with Gasteiger partial charge in [0.1, 0.15) is 0 Å². The number of amides is 1. The van der Waals surface area contributed by atoms with Crippen LogP contribution in [0.15, 0.2) is 51.7 Å². The Morgan fingerprint density at radius 1 is 1.34 bits per heavy atom. The molecule has 2 heterocycles. The van der Waals surface area contributed by atoms with Crippen molar-refractivity contribution in [2.45, 2.75) is 18.1 Å². The topological polar surface area (TPSA) is 144 Å². The van der Waals surface area contributed by atoms with Gasteiger partial charge in [-0.15, -0.1) is 0 Å². The quantitative estimate of drug-likeness (QED) is 0.534.